The molecule has 0 aliphatic carbocycles. The summed E-state index contributed by atoms with van der Waals surface area (Å²) in [5.74, 6) is 0.685. The Labute approximate surface area is 200 Å². The average Bonchev–Trinajstić information content (AvgIpc) is 2.82. The fourth-order valence-electron chi connectivity index (χ4n) is 3.60. The van der Waals surface area contributed by atoms with Crippen LogP contribution >= 0.6 is 15.9 Å². The molecule has 1 N–H and O–H groups in total. The number of carbonyl (C=O) groups excluding carboxylic acids is 2. The molecule has 3 aromatic carbocycles. The number of nitrogens with zero attached hydrogens (tertiary/aromatic N) is 1. The van der Waals surface area contributed by atoms with Crippen molar-refractivity contribution in [2.45, 2.75) is 13.0 Å². The molecule has 1 aliphatic rings. The van der Waals surface area contributed by atoms with E-state index in [2.05, 4.69) is 21.2 Å². The number of anilines is 1. The average molecular weight is 507 g/mol. The maximum atomic E-state index is 13.3. The van der Waals surface area contributed by atoms with Gasteiger partial charge in [-0.25, -0.2) is 0 Å². The van der Waals surface area contributed by atoms with Crippen LogP contribution in [-0.2, 0) is 9.59 Å². The monoisotopic (exact) mass is 506 g/mol. The van der Waals surface area contributed by atoms with Crippen LogP contribution in [0.15, 0.2) is 83.0 Å². The van der Waals surface area contributed by atoms with Crippen LogP contribution < -0.4 is 19.7 Å². The maximum Gasteiger partial charge on any atom is 0.294 e. The molecule has 0 unspecified atom stereocenters. The topological polar surface area (TPSA) is 67.9 Å². The fourth-order valence-corrected chi connectivity index (χ4v) is 4.16. The van der Waals surface area contributed by atoms with Gasteiger partial charge in [-0.05, 0) is 64.3 Å². The third-order valence-corrected chi connectivity index (χ3v) is 5.90. The Bertz CT molecular complexity index is 1210. The molecule has 0 saturated carbocycles. The minimum absolute atomic E-state index is 0.125. The van der Waals surface area contributed by atoms with E-state index in [1.165, 1.54) is 4.90 Å². The zero-order chi connectivity index (χ0) is 23.4. The number of hydrogen-bond acceptors (Lipinski definition) is 4. The summed E-state index contributed by atoms with van der Waals surface area (Å²) < 4.78 is 11.9. The van der Waals surface area contributed by atoms with Crippen LogP contribution in [0.25, 0.3) is 6.08 Å². The van der Waals surface area contributed by atoms with Gasteiger partial charge in [-0.1, -0.05) is 48.5 Å². The third kappa shape index (κ3) is 5.09. The van der Waals surface area contributed by atoms with Gasteiger partial charge in [0.05, 0.1) is 23.3 Å². The third-order valence-electron chi connectivity index (χ3n) is 5.28. The lowest BCUT2D eigenvalue weighted by Crippen LogP contribution is -2.44. The van der Waals surface area contributed by atoms with Crippen molar-refractivity contribution in [2.75, 3.05) is 18.6 Å². The summed E-state index contributed by atoms with van der Waals surface area (Å²) in [6.45, 7) is 1.79. The van der Waals surface area contributed by atoms with E-state index in [1.54, 1.807) is 31.4 Å². The molecule has 4 rings (SSSR count). The van der Waals surface area contributed by atoms with E-state index in [9.17, 15) is 9.59 Å². The Hall–Kier alpha value is -3.58. The van der Waals surface area contributed by atoms with Crippen LogP contribution in [0.3, 0.4) is 0 Å². The summed E-state index contributed by atoms with van der Waals surface area (Å²) in [6.07, 6.45) is 1.65. The van der Waals surface area contributed by atoms with Crippen LogP contribution in [0.5, 0.6) is 11.5 Å². The molecule has 0 saturated heterocycles. The van der Waals surface area contributed by atoms with E-state index in [4.69, 9.17) is 9.47 Å². The number of hydrogen-bond donors (Lipinski definition) is 1. The summed E-state index contributed by atoms with van der Waals surface area (Å²) in [4.78, 5) is 27.6. The summed E-state index contributed by atoms with van der Waals surface area (Å²) in [7, 11) is 1.59. The van der Waals surface area contributed by atoms with Gasteiger partial charge in [-0.3, -0.25) is 14.5 Å². The zero-order valence-corrected chi connectivity index (χ0v) is 19.8. The predicted octanol–water partition coefficient (Wildman–Crippen LogP) is 5.10. The molecular weight excluding hydrogens is 484 g/mol. The molecule has 6 nitrogen and oxygen atoms in total. The highest BCUT2D eigenvalue weighted by Gasteiger charge is 2.31. The predicted molar refractivity (Wildman–Crippen MR) is 131 cm³/mol. The van der Waals surface area contributed by atoms with Gasteiger partial charge in [-0.15, -0.1) is 0 Å². The van der Waals surface area contributed by atoms with Gasteiger partial charge in [0.25, 0.3) is 5.91 Å². The maximum absolute atomic E-state index is 13.3. The number of halogens is 1. The molecule has 0 spiro atoms. The Morgan fingerprint density at radius 2 is 1.85 bits per heavy atom. The van der Waals surface area contributed by atoms with Gasteiger partial charge < -0.3 is 14.8 Å². The van der Waals surface area contributed by atoms with Crippen molar-refractivity contribution >= 4 is 39.5 Å². The second-order valence-corrected chi connectivity index (χ2v) is 8.42. The standard InChI is InChI=1S/C26H23BrN2O4/c1-17(19-8-4-3-5-9-19)28-25(30)16-29-21-10-6-7-11-23(21)33-24(26(29)31)15-18-12-13-22(32-2)20(27)14-18/h3-15,17H,16H2,1-2H3,(H,28,30)/b24-15-/t17-/m1/s1. The molecule has 0 bridgehead atoms. The van der Waals surface area contributed by atoms with Crippen molar-refractivity contribution in [3.8, 4) is 11.5 Å². The van der Waals surface area contributed by atoms with E-state index in [1.807, 2.05) is 61.5 Å². The van der Waals surface area contributed by atoms with Crippen LogP contribution in [0.2, 0.25) is 0 Å². The van der Waals surface area contributed by atoms with Crippen molar-refractivity contribution in [3.05, 3.63) is 94.2 Å². The SMILES string of the molecule is COc1ccc(/C=C2\Oc3ccccc3N(CC(=O)N[C@H](C)c3ccccc3)C2=O)cc1Br. The van der Waals surface area contributed by atoms with Gasteiger partial charge in [0.2, 0.25) is 5.91 Å². The van der Waals surface area contributed by atoms with E-state index >= 15 is 0 Å². The first-order valence-electron chi connectivity index (χ1n) is 10.4. The summed E-state index contributed by atoms with van der Waals surface area (Å²) in [5.41, 5.74) is 2.30. The van der Waals surface area contributed by atoms with Gasteiger partial charge in [0.15, 0.2) is 11.5 Å². The summed E-state index contributed by atoms with van der Waals surface area (Å²) in [5, 5.41) is 2.97. The van der Waals surface area contributed by atoms with Gasteiger partial charge >= 0.3 is 0 Å². The highest BCUT2D eigenvalue weighted by Crippen LogP contribution is 2.36. The summed E-state index contributed by atoms with van der Waals surface area (Å²) in [6, 6.07) is 22.1. The van der Waals surface area contributed by atoms with Crippen molar-refractivity contribution in [1.82, 2.24) is 5.32 Å². The first-order chi connectivity index (χ1) is 16.0. The number of benzene rings is 3. The number of carbonyl (C=O) groups is 2. The van der Waals surface area contributed by atoms with E-state index in [0.29, 0.717) is 17.2 Å². The molecule has 1 atom stereocenters. The number of amides is 2. The summed E-state index contributed by atoms with van der Waals surface area (Å²) >= 11 is 3.46. The molecule has 7 heteroatoms. The first-order valence-corrected chi connectivity index (χ1v) is 11.2. The van der Waals surface area contributed by atoms with Crippen molar-refractivity contribution < 1.29 is 19.1 Å². The smallest absolute Gasteiger partial charge is 0.294 e. The molecule has 2 amide bonds. The number of para-hydroxylation sites is 2. The lowest BCUT2D eigenvalue weighted by Gasteiger charge is -2.30. The second-order valence-electron chi connectivity index (χ2n) is 7.56. The second kappa shape index (κ2) is 9.92. The quantitative estimate of drug-likeness (QED) is 0.472. The van der Waals surface area contributed by atoms with E-state index < -0.39 is 0 Å². The minimum Gasteiger partial charge on any atom is -0.496 e. The van der Waals surface area contributed by atoms with Crippen LogP contribution in [-0.4, -0.2) is 25.5 Å². The largest absolute Gasteiger partial charge is 0.496 e. The van der Waals surface area contributed by atoms with Crippen molar-refractivity contribution in [1.29, 1.82) is 0 Å². The molecular formula is C26H23BrN2O4. The highest BCUT2D eigenvalue weighted by atomic mass is 79.9. The first kappa shape index (κ1) is 22.6. The molecule has 0 fully saturated rings. The Morgan fingerprint density at radius 1 is 1.12 bits per heavy atom. The molecule has 0 radical (unpaired) electrons. The van der Waals surface area contributed by atoms with Crippen LogP contribution in [0.1, 0.15) is 24.1 Å². The minimum atomic E-state index is -0.386. The van der Waals surface area contributed by atoms with Gasteiger partial charge in [0.1, 0.15) is 12.3 Å². The normalized spacial score (nSPS) is 14.9. The lowest BCUT2D eigenvalue weighted by molar-refractivity contribution is -0.123. The lowest BCUT2D eigenvalue weighted by atomic mass is 10.1. The zero-order valence-electron chi connectivity index (χ0n) is 18.2. The molecule has 0 aromatic heterocycles. The van der Waals surface area contributed by atoms with Crippen LogP contribution in [0, 0.1) is 0 Å². The molecule has 33 heavy (non-hydrogen) atoms. The van der Waals surface area contributed by atoms with Crippen molar-refractivity contribution in [2.24, 2.45) is 0 Å². The number of methoxy groups -OCH3 is 1. The Balaban J connectivity index is 1.58. The van der Waals surface area contributed by atoms with E-state index in [-0.39, 0.29) is 30.2 Å². The van der Waals surface area contributed by atoms with Gasteiger partial charge in [0, 0.05) is 0 Å². The molecule has 168 valence electrons. The molecule has 3 aromatic rings. The fraction of sp³-hybridized carbons (Fsp3) is 0.154. The van der Waals surface area contributed by atoms with Crippen molar-refractivity contribution in [3.63, 3.8) is 0 Å². The number of nitrogens with one attached hydrogen (secondary N) is 1. The highest BCUT2D eigenvalue weighted by molar-refractivity contribution is 9.10. The van der Waals surface area contributed by atoms with Gasteiger partial charge in [-0.2, -0.15) is 0 Å². The molecule has 1 aliphatic heterocycles. The number of ether oxygens (including phenoxy) is 2. The number of rotatable bonds is 6. The van der Waals surface area contributed by atoms with E-state index in [0.717, 1.165) is 15.6 Å². The Kier molecular flexibility index (Phi) is 6.79. The Morgan fingerprint density at radius 3 is 2.58 bits per heavy atom. The number of fused-ring (bicyclic) bond motifs is 1. The molecule has 1 heterocycles. The van der Waals surface area contributed by atoms with Crippen LogP contribution in [0.4, 0.5) is 5.69 Å².